The summed E-state index contributed by atoms with van der Waals surface area (Å²) in [4.78, 5) is 21.2. The van der Waals surface area contributed by atoms with E-state index in [1.807, 2.05) is 91.9 Å². The Labute approximate surface area is 302 Å². The van der Waals surface area contributed by atoms with Crippen LogP contribution in [0.4, 0.5) is 11.4 Å². The highest BCUT2D eigenvalue weighted by atomic mass is 31.2. The van der Waals surface area contributed by atoms with E-state index in [0.29, 0.717) is 18.6 Å². The average Bonchev–Trinajstić information content (AvgIpc) is 3.17. The number of nitrogens with one attached hydrogen (secondary N) is 1. The molecule has 0 aliphatic heterocycles. The molecule has 1 unspecified atom stereocenters. The van der Waals surface area contributed by atoms with Crippen LogP contribution in [-0.4, -0.2) is 42.7 Å². The molecular weight excluding hydrogens is 685 g/mol. The lowest BCUT2D eigenvalue weighted by atomic mass is 9.80. The highest BCUT2D eigenvalue weighted by Gasteiger charge is 2.39. The van der Waals surface area contributed by atoms with E-state index in [2.05, 4.69) is 5.32 Å². The van der Waals surface area contributed by atoms with E-state index in [0.717, 1.165) is 27.8 Å². The Bertz CT molecular complexity index is 1840. The Morgan fingerprint density at radius 3 is 1.48 bits per heavy atom. The first kappa shape index (κ1) is 38.0. The normalized spacial score (nSPS) is 12.3. The molecule has 0 radical (unpaired) electrons. The molecule has 0 saturated carbocycles. The fourth-order valence-corrected chi connectivity index (χ4v) is 7.20. The van der Waals surface area contributed by atoms with Gasteiger partial charge in [0, 0.05) is 24.3 Å². The molecule has 0 aromatic heterocycles. The highest BCUT2D eigenvalue weighted by Crippen LogP contribution is 2.48. The Morgan fingerprint density at radius 2 is 1.08 bits per heavy atom. The summed E-state index contributed by atoms with van der Waals surface area (Å²) in [5.74, 6) is 0.697. The summed E-state index contributed by atoms with van der Waals surface area (Å²) in [7, 11) is -2.20. The molecule has 0 heterocycles. The van der Waals surface area contributed by atoms with Gasteiger partial charge in [-0.1, -0.05) is 97.1 Å². The molecule has 0 aliphatic rings. The summed E-state index contributed by atoms with van der Waals surface area (Å²) >= 11 is 0. The maximum Gasteiger partial charge on any atom is 0.344 e. The molecule has 12 nitrogen and oxygen atoms in total. The van der Waals surface area contributed by atoms with Gasteiger partial charge in [-0.15, -0.1) is 0 Å². The van der Waals surface area contributed by atoms with Gasteiger partial charge >= 0.3 is 7.60 Å². The molecule has 0 amide bonds. The molecule has 0 spiro atoms. The van der Waals surface area contributed by atoms with Crippen LogP contribution in [0, 0.1) is 20.2 Å². The minimum Gasteiger partial charge on any atom is -0.497 e. The molecule has 13 heteroatoms. The van der Waals surface area contributed by atoms with Crippen molar-refractivity contribution >= 4 is 19.0 Å². The van der Waals surface area contributed by atoms with Gasteiger partial charge in [0.25, 0.3) is 11.4 Å². The third-order valence-electron chi connectivity index (χ3n) is 8.43. The first-order valence-electron chi connectivity index (χ1n) is 16.6. The van der Waals surface area contributed by atoms with Crippen molar-refractivity contribution in [3.8, 4) is 5.75 Å². The Morgan fingerprint density at radius 1 is 0.654 bits per heavy atom. The van der Waals surface area contributed by atoms with E-state index in [9.17, 15) is 24.8 Å². The number of methoxy groups -OCH3 is 1. The average molecular weight is 726 g/mol. The lowest BCUT2D eigenvalue weighted by Crippen LogP contribution is -2.42. The van der Waals surface area contributed by atoms with Gasteiger partial charge in [0.15, 0.2) is 0 Å². The molecular formula is C39H40N3O9P. The van der Waals surface area contributed by atoms with Crippen molar-refractivity contribution in [2.45, 2.75) is 31.6 Å². The molecule has 5 rings (SSSR count). The molecule has 0 saturated heterocycles. The number of hydrogen-bond acceptors (Lipinski definition) is 10. The van der Waals surface area contributed by atoms with E-state index >= 15 is 0 Å². The van der Waals surface area contributed by atoms with Crippen molar-refractivity contribution < 1.29 is 32.9 Å². The smallest absolute Gasteiger partial charge is 0.344 e. The fourth-order valence-electron chi connectivity index (χ4n) is 5.73. The summed E-state index contributed by atoms with van der Waals surface area (Å²) in [6.07, 6.45) is -0.214. The van der Waals surface area contributed by atoms with Crippen LogP contribution in [0.1, 0.15) is 34.7 Å². The number of rotatable bonds is 19. The Hall–Kier alpha value is -5.23. The Balaban J connectivity index is 1.36. The van der Waals surface area contributed by atoms with Crippen molar-refractivity contribution in [2.75, 3.05) is 26.6 Å². The topological polar surface area (TPSA) is 152 Å². The molecule has 5 aromatic rings. The van der Waals surface area contributed by atoms with Crippen LogP contribution in [0.5, 0.6) is 5.75 Å². The number of hydrogen-bond donors (Lipinski definition) is 1. The van der Waals surface area contributed by atoms with E-state index in [4.69, 9.17) is 18.5 Å². The maximum atomic E-state index is 14.3. The van der Waals surface area contributed by atoms with Crippen LogP contribution in [0.2, 0.25) is 0 Å². The maximum absolute atomic E-state index is 14.3. The third-order valence-corrected chi connectivity index (χ3v) is 10.2. The van der Waals surface area contributed by atoms with Crippen LogP contribution >= 0.6 is 7.60 Å². The van der Waals surface area contributed by atoms with Crippen molar-refractivity contribution in [3.05, 3.63) is 182 Å². The van der Waals surface area contributed by atoms with E-state index in [-0.39, 0.29) is 30.9 Å². The Kier molecular flexibility index (Phi) is 13.0. The second kappa shape index (κ2) is 17.8. The molecule has 0 fully saturated rings. The molecule has 0 bridgehead atoms. The van der Waals surface area contributed by atoms with Gasteiger partial charge in [-0.25, -0.2) is 0 Å². The quantitative estimate of drug-likeness (QED) is 0.0289. The third kappa shape index (κ3) is 9.75. The summed E-state index contributed by atoms with van der Waals surface area (Å²) < 4.78 is 38.6. The molecule has 1 atom stereocenters. The van der Waals surface area contributed by atoms with Gasteiger partial charge < -0.3 is 18.5 Å². The fraction of sp³-hybridized carbons (Fsp3) is 0.231. The van der Waals surface area contributed by atoms with Crippen molar-refractivity contribution in [1.82, 2.24) is 5.32 Å². The zero-order valence-corrected chi connectivity index (χ0v) is 29.7. The van der Waals surface area contributed by atoms with Crippen LogP contribution in [-0.2, 0) is 36.8 Å². The summed E-state index contributed by atoms with van der Waals surface area (Å²) in [6.45, 7) is 1.86. The molecule has 5 aromatic carbocycles. The van der Waals surface area contributed by atoms with Crippen LogP contribution in [0.3, 0.4) is 0 Å². The van der Waals surface area contributed by atoms with Crippen molar-refractivity contribution in [2.24, 2.45) is 0 Å². The predicted molar refractivity (Wildman–Crippen MR) is 197 cm³/mol. The zero-order chi connectivity index (χ0) is 37.0. The number of non-ortho nitro benzene ring substituents is 2. The van der Waals surface area contributed by atoms with Crippen molar-refractivity contribution in [3.63, 3.8) is 0 Å². The van der Waals surface area contributed by atoms with E-state index in [1.165, 1.54) is 24.3 Å². The van der Waals surface area contributed by atoms with E-state index in [1.54, 1.807) is 31.4 Å². The lowest BCUT2D eigenvalue weighted by Gasteiger charge is -2.38. The van der Waals surface area contributed by atoms with Gasteiger partial charge in [0.1, 0.15) is 23.9 Å². The lowest BCUT2D eigenvalue weighted by molar-refractivity contribution is -0.385. The van der Waals surface area contributed by atoms with Gasteiger partial charge in [-0.05, 0) is 59.7 Å². The van der Waals surface area contributed by atoms with Gasteiger partial charge in [0.2, 0.25) is 0 Å². The zero-order valence-electron chi connectivity index (χ0n) is 28.8. The number of benzene rings is 5. The number of nitro groups is 2. The van der Waals surface area contributed by atoms with Crippen LogP contribution < -0.4 is 10.1 Å². The minimum atomic E-state index is -3.81. The monoisotopic (exact) mass is 725 g/mol. The second-order valence-corrected chi connectivity index (χ2v) is 13.9. The molecule has 52 heavy (non-hydrogen) atoms. The largest absolute Gasteiger partial charge is 0.497 e. The second-order valence-electron chi connectivity index (χ2n) is 11.9. The number of ether oxygens (including phenoxy) is 2. The first-order chi connectivity index (χ1) is 25.1. The predicted octanol–water partition coefficient (Wildman–Crippen LogP) is 8.42. The highest BCUT2D eigenvalue weighted by molar-refractivity contribution is 7.53. The van der Waals surface area contributed by atoms with E-state index < -0.39 is 29.3 Å². The molecule has 0 aliphatic carbocycles. The van der Waals surface area contributed by atoms with Crippen LogP contribution in [0.15, 0.2) is 133 Å². The van der Waals surface area contributed by atoms with Gasteiger partial charge in [-0.2, -0.15) is 0 Å². The number of nitro benzene ring substituents is 2. The van der Waals surface area contributed by atoms with Gasteiger partial charge in [0.05, 0.1) is 30.2 Å². The van der Waals surface area contributed by atoms with Crippen LogP contribution in [0.25, 0.3) is 0 Å². The SMILES string of the molecule is COc1ccc(C(OC(C)NCP(=O)(OCCc2ccc([N+](=O)[O-])cc2)OCCc2ccc([N+](=O)[O-])cc2)(c2ccccc2)c2ccccc2)cc1. The first-order valence-corrected chi connectivity index (χ1v) is 18.4. The molecule has 270 valence electrons. The standard InChI is InChI=1S/C39H40N3O9P/c1-30(51-39(33-9-5-3-6-10-33,34-11-7-4-8-12-34)35-17-23-38(48-2)24-18-35)40-29-52(47,49-27-25-31-13-19-36(20-14-31)41(43)44)50-28-26-32-15-21-37(22-16-32)42(45)46/h3-24,30,40H,25-29H2,1-2H3. The summed E-state index contributed by atoms with van der Waals surface area (Å²) in [6, 6.07) is 39.5. The van der Waals surface area contributed by atoms with Gasteiger partial charge in [-0.3, -0.25) is 30.1 Å². The summed E-state index contributed by atoms with van der Waals surface area (Å²) in [5.41, 5.74) is 2.99. The summed E-state index contributed by atoms with van der Waals surface area (Å²) in [5, 5.41) is 25.4. The number of nitrogens with zero attached hydrogens (tertiary/aromatic N) is 2. The van der Waals surface area contributed by atoms with Crippen molar-refractivity contribution in [1.29, 1.82) is 0 Å². The minimum absolute atomic E-state index is 0.0212. The molecule has 1 N–H and O–H groups in total.